The number of piperazine rings is 1. The van der Waals surface area contributed by atoms with E-state index in [1.165, 1.54) is 0 Å². The maximum atomic E-state index is 12.1. The van der Waals surface area contributed by atoms with E-state index < -0.39 is 0 Å². The van der Waals surface area contributed by atoms with Gasteiger partial charge in [0, 0.05) is 44.5 Å². The van der Waals surface area contributed by atoms with Gasteiger partial charge >= 0.3 is 6.03 Å². The van der Waals surface area contributed by atoms with Gasteiger partial charge < -0.3 is 20.3 Å². The van der Waals surface area contributed by atoms with Crippen LogP contribution in [-0.4, -0.2) is 68.8 Å². The summed E-state index contributed by atoms with van der Waals surface area (Å²) >= 11 is 0. The van der Waals surface area contributed by atoms with Gasteiger partial charge in [-0.3, -0.25) is 4.90 Å². The number of urea groups is 1. The minimum absolute atomic E-state index is 0.167. The molecule has 1 aliphatic heterocycles. The summed E-state index contributed by atoms with van der Waals surface area (Å²) in [6, 6.07) is 7.52. The van der Waals surface area contributed by atoms with Crippen LogP contribution in [0, 0.1) is 5.92 Å². The second-order valence-corrected chi connectivity index (χ2v) is 6.71. The fourth-order valence-electron chi connectivity index (χ4n) is 2.99. The van der Waals surface area contributed by atoms with Gasteiger partial charge in [-0.2, -0.15) is 0 Å². The molecule has 2 rings (SSSR count). The van der Waals surface area contributed by atoms with Crippen molar-refractivity contribution in [2.75, 3.05) is 52.2 Å². The highest BCUT2D eigenvalue weighted by molar-refractivity contribution is 5.89. The molecule has 0 saturated carbocycles. The highest BCUT2D eigenvalue weighted by Crippen LogP contribution is 2.15. The van der Waals surface area contributed by atoms with E-state index in [-0.39, 0.29) is 6.03 Å². The van der Waals surface area contributed by atoms with Crippen molar-refractivity contribution in [3.63, 3.8) is 0 Å². The first-order valence-electron chi connectivity index (χ1n) is 8.61. The summed E-state index contributed by atoms with van der Waals surface area (Å²) in [7, 11) is 3.78. The van der Waals surface area contributed by atoms with Crippen LogP contribution in [0.5, 0.6) is 5.75 Å². The van der Waals surface area contributed by atoms with Gasteiger partial charge in [-0.05, 0) is 37.2 Å². The Kier molecular flexibility index (Phi) is 6.87. The molecule has 2 amide bonds. The van der Waals surface area contributed by atoms with Gasteiger partial charge in [0.2, 0.25) is 0 Å². The zero-order valence-corrected chi connectivity index (χ0v) is 15.2. The normalized spacial score (nSPS) is 17.5. The van der Waals surface area contributed by atoms with Crippen LogP contribution in [0.4, 0.5) is 10.5 Å². The van der Waals surface area contributed by atoms with Gasteiger partial charge in [0.05, 0.1) is 7.11 Å². The number of nitrogens with zero attached hydrogens (tertiary/aromatic N) is 2. The lowest BCUT2D eigenvalue weighted by Gasteiger charge is -2.39. The molecule has 2 N–H and O–H groups in total. The molecule has 0 aromatic heterocycles. The zero-order chi connectivity index (χ0) is 17.5. The maximum Gasteiger partial charge on any atom is 0.319 e. The molecule has 134 valence electrons. The van der Waals surface area contributed by atoms with Crippen molar-refractivity contribution in [2.45, 2.75) is 19.9 Å². The fourth-order valence-corrected chi connectivity index (χ4v) is 2.99. The van der Waals surface area contributed by atoms with Crippen LogP contribution in [0.25, 0.3) is 0 Å². The molecule has 6 nitrogen and oxygen atoms in total. The third kappa shape index (κ3) is 5.39. The molecule has 0 radical (unpaired) electrons. The molecule has 1 aromatic carbocycles. The lowest BCUT2D eigenvalue weighted by Crippen LogP contribution is -2.54. The number of methoxy groups -OCH3 is 1. The average molecular weight is 334 g/mol. The molecule has 0 spiro atoms. The number of nitrogens with one attached hydrogen (secondary N) is 2. The molecule has 1 aromatic rings. The Hall–Kier alpha value is -1.79. The predicted molar refractivity (Wildman–Crippen MR) is 97.7 cm³/mol. The number of ether oxygens (including phenoxy) is 1. The van der Waals surface area contributed by atoms with Crippen molar-refractivity contribution in [1.29, 1.82) is 0 Å². The zero-order valence-electron chi connectivity index (χ0n) is 15.2. The van der Waals surface area contributed by atoms with Crippen molar-refractivity contribution < 1.29 is 9.53 Å². The monoisotopic (exact) mass is 334 g/mol. The summed E-state index contributed by atoms with van der Waals surface area (Å²) in [5.41, 5.74) is 0.758. The molecule has 6 heteroatoms. The number of hydrogen-bond donors (Lipinski definition) is 2. The second kappa shape index (κ2) is 8.89. The first kappa shape index (κ1) is 18.5. The molecule has 1 heterocycles. The van der Waals surface area contributed by atoms with Crippen LogP contribution in [0.3, 0.4) is 0 Å². The number of likely N-dealkylation sites (N-methyl/N-ethyl adjacent to an activating group) is 1. The van der Waals surface area contributed by atoms with Gasteiger partial charge in [-0.1, -0.05) is 13.8 Å². The Morgan fingerprint density at radius 3 is 2.33 bits per heavy atom. The third-order valence-electron chi connectivity index (χ3n) is 4.60. The number of amides is 2. The first-order chi connectivity index (χ1) is 11.5. The first-order valence-corrected chi connectivity index (χ1v) is 8.61. The van der Waals surface area contributed by atoms with Gasteiger partial charge in [0.15, 0.2) is 0 Å². The second-order valence-electron chi connectivity index (χ2n) is 6.71. The Morgan fingerprint density at radius 2 is 1.79 bits per heavy atom. The number of carbonyl (C=O) groups excluding carboxylic acids is 1. The lowest BCUT2D eigenvalue weighted by atomic mass is 10.0. The number of rotatable bonds is 6. The minimum atomic E-state index is -0.167. The Labute approximate surface area is 145 Å². The number of carbonyl (C=O) groups is 1. The average Bonchev–Trinajstić information content (AvgIpc) is 2.57. The Balaban J connectivity index is 1.83. The van der Waals surface area contributed by atoms with Crippen molar-refractivity contribution in [3.8, 4) is 5.75 Å². The molecule has 1 saturated heterocycles. The van der Waals surface area contributed by atoms with Gasteiger partial charge in [0.1, 0.15) is 5.75 Å². The van der Waals surface area contributed by atoms with Crippen LogP contribution in [0.1, 0.15) is 13.8 Å². The smallest absolute Gasteiger partial charge is 0.319 e. The van der Waals surface area contributed by atoms with Gasteiger partial charge in [0.25, 0.3) is 0 Å². The van der Waals surface area contributed by atoms with Gasteiger partial charge in [-0.25, -0.2) is 4.79 Å². The third-order valence-corrected chi connectivity index (χ3v) is 4.60. The fraction of sp³-hybridized carbons (Fsp3) is 0.611. The van der Waals surface area contributed by atoms with E-state index in [1.54, 1.807) is 7.11 Å². The summed E-state index contributed by atoms with van der Waals surface area (Å²) in [6.45, 7) is 9.37. The van der Waals surface area contributed by atoms with Gasteiger partial charge in [-0.15, -0.1) is 0 Å². The summed E-state index contributed by atoms with van der Waals surface area (Å²) in [6.07, 6.45) is 0. The summed E-state index contributed by atoms with van der Waals surface area (Å²) in [5.74, 6) is 1.27. The quantitative estimate of drug-likeness (QED) is 0.836. The van der Waals surface area contributed by atoms with Crippen molar-refractivity contribution in [3.05, 3.63) is 24.3 Å². The van der Waals surface area contributed by atoms with Crippen LogP contribution in [0.2, 0.25) is 0 Å². The van der Waals surface area contributed by atoms with E-state index in [1.807, 2.05) is 24.3 Å². The predicted octanol–water partition coefficient (Wildman–Crippen LogP) is 2.09. The Morgan fingerprint density at radius 1 is 1.17 bits per heavy atom. The minimum Gasteiger partial charge on any atom is -0.497 e. The number of anilines is 1. The molecular weight excluding hydrogens is 304 g/mol. The van der Waals surface area contributed by atoms with Crippen molar-refractivity contribution >= 4 is 11.7 Å². The molecule has 0 aliphatic carbocycles. The van der Waals surface area contributed by atoms with Crippen molar-refractivity contribution in [2.24, 2.45) is 5.92 Å². The number of hydrogen-bond acceptors (Lipinski definition) is 4. The van der Waals surface area contributed by atoms with Crippen LogP contribution in [0.15, 0.2) is 24.3 Å². The molecule has 24 heavy (non-hydrogen) atoms. The highest BCUT2D eigenvalue weighted by atomic mass is 16.5. The van der Waals surface area contributed by atoms with E-state index in [2.05, 4.69) is 41.3 Å². The molecule has 0 unspecified atom stereocenters. The molecule has 0 bridgehead atoms. The largest absolute Gasteiger partial charge is 0.497 e. The van der Waals surface area contributed by atoms with Crippen LogP contribution in [-0.2, 0) is 0 Å². The lowest BCUT2D eigenvalue weighted by molar-refractivity contribution is 0.0890. The SMILES string of the molecule is COc1ccc(NC(=O)NC[C@H](C(C)C)N2CCN(C)CC2)cc1. The summed E-state index contributed by atoms with van der Waals surface area (Å²) < 4.78 is 5.12. The highest BCUT2D eigenvalue weighted by Gasteiger charge is 2.25. The van der Waals surface area contributed by atoms with E-state index in [4.69, 9.17) is 4.74 Å². The number of benzene rings is 1. The van der Waals surface area contributed by atoms with E-state index >= 15 is 0 Å². The van der Waals surface area contributed by atoms with Crippen LogP contribution >= 0.6 is 0 Å². The molecule has 1 aliphatic rings. The standard InChI is InChI=1S/C18H30N4O2/c1-14(2)17(22-11-9-21(3)10-12-22)13-19-18(23)20-15-5-7-16(24-4)8-6-15/h5-8,14,17H,9-13H2,1-4H3,(H2,19,20,23)/t17-/m1/s1. The van der Waals surface area contributed by atoms with E-state index in [0.29, 0.717) is 18.5 Å². The molecular formula is C18H30N4O2. The van der Waals surface area contributed by atoms with E-state index in [9.17, 15) is 4.79 Å². The topological polar surface area (TPSA) is 56.8 Å². The summed E-state index contributed by atoms with van der Waals surface area (Å²) in [4.78, 5) is 17.0. The van der Waals surface area contributed by atoms with Crippen molar-refractivity contribution in [1.82, 2.24) is 15.1 Å². The molecule has 1 atom stereocenters. The Bertz CT molecular complexity index is 510. The van der Waals surface area contributed by atoms with Crippen LogP contribution < -0.4 is 15.4 Å². The maximum absolute atomic E-state index is 12.1. The molecule has 1 fully saturated rings. The summed E-state index contributed by atoms with van der Waals surface area (Å²) in [5, 5.41) is 5.88. The van der Waals surface area contributed by atoms with E-state index in [0.717, 1.165) is 37.6 Å².